The summed E-state index contributed by atoms with van der Waals surface area (Å²) in [5, 5.41) is 12.4. The summed E-state index contributed by atoms with van der Waals surface area (Å²) in [6, 6.07) is 13.2. The lowest BCUT2D eigenvalue weighted by atomic mass is 10.2. The molecule has 5 N–H and O–H groups in total. The Bertz CT molecular complexity index is 1010. The van der Waals surface area contributed by atoms with E-state index < -0.39 is 23.9 Å². The van der Waals surface area contributed by atoms with Gasteiger partial charge in [0.15, 0.2) is 0 Å². The first kappa shape index (κ1) is 27.1. The maximum Gasteiger partial charge on any atom is 0.341 e. The predicted molar refractivity (Wildman–Crippen MR) is 140 cm³/mol. The number of carbonyl (C=O) groups excluding carboxylic acids is 2. The third-order valence-electron chi connectivity index (χ3n) is 5.94. The van der Waals surface area contributed by atoms with Crippen LogP contribution in [-0.4, -0.2) is 47.7 Å². The number of amides is 4. The summed E-state index contributed by atoms with van der Waals surface area (Å²) in [6.07, 6.45) is 4.91. The molecule has 11 heteroatoms. The highest BCUT2D eigenvalue weighted by atomic mass is 35.5. The van der Waals surface area contributed by atoms with Crippen LogP contribution in [0.4, 0.5) is 21.0 Å². The lowest BCUT2D eigenvalue weighted by Crippen LogP contribution is -2.54. The molecule has 0 radical (unpaired) electrons. The summed E-state index contributed by atoms with van der Waals surface area (Å²) in [6.45, 7) is 3.36. The molecule has 10 nitrogen and oxygen atoms in total. The Morgan fingerprint density at radius 3 is 2.22 bits per heavy atom. The average molecular weight is 517 g/mol. The highest BCUT2D eigenvalue weighted by molar-refractivity contribution is 6.30. The van der Waals surface area contributed by atoms with Gasteiger partial charge < -0.3 is 20.7 Å². The molecular weight excluding hydrogens is 484 g/mol. The monoisotopic (exact) mass is 516 g/mol. The number of urea groups is 2. The molecule has 2 aromatic rings. The molecular formula is C25H33ClN6O4. The molecule has 36 heavy (non-hydrogen) atoms. The molecule has 1 heterocycles. The number of halogens is 1. The van der Waals surface area contributed by atoms with Crippen molar-refractivity contribution in [2.45, 2.75) is 39.2 Å². The second-order valence-corrected chi connectivity index (χ2v) is 9.20. The van der Waals surface area contributed by atoms with Crippen LogP contribution in [0.3, 0.4) is 0 Å². The number of anilines is 2. The van der Waals surface area contributed by atoms with Gasteiger partial charge in [0.25, 0.3) is 0 Å². The molecule has 0 aromatic heterocycles. The molecule has 3 rings (SSSR count). The van der Waals surface area contributed by atoms with Gasteiger partial charge in [-0.1, -0.05) is 43.5 Å². The van der Waals surface area contributed by atoms with Gasteiger partial charge in [0, 0.05) is 36.9 Å². The number of hydrogen-bond acceptors (Lipinski definition) is 6. The highest BCUT2D eigenvalue weighted by Gasteiger charge is 2.26. The van der Waals surface area contributed by atoms with Crippen molar-refractivity contribution in [2.24, 2.45) is 5.92 Å². The molecule has 1 atom stereocenters. The number of nitrogens with one attached hydrogen (secondary N) is 4. The summed E-state index contributed by atoms with van der Waals surface area (Å²) >= 11 is 5.88. The van der Waals surface area contributed by atoms with Gasteiger partial charge in [-0.25, -0.2) is 14.5 Å². The minimum Gasteiger partial charge on any atom is -0.481 e. The first-order valence-electron chi connectivity index (χ1n) is 12.0. The van der Waals surface area contributed by atoms with E-state index in [4.69, 9.17) is 11.6 Å². The number of carboxylic acid groups (broad SMARTS) is 1. The van der Waals surface area contributed by atoms with E-state index in [1.807, 2.05) is 24.3 Å². The van der Waals surface area contributed by atoms with Gasteiger partial charge in [0.1, 0.15) is 0 Å². The average Bonchev–Trinajstić information content (AvgIpc) is 3.16. The van der Waals surface area contributed by atoms with Crippen LogP contribution in [0.25, 0.3) is 0 Å². The fourth-order valence-electron chi connectivity index (χ4n) is 3.79. The third-order valence-corrected chi connectivity index (χ3v) is 6.19. The number of hydrazine groups is 2. The van der Waals surface area contributed by atoms with Crippen molar-refractivity contribution in [1.29, 1.82) is 0 Å². The smallest absolute Gasteiger partial charge is 0.341 e. The van der Waals surface area contributed by atoms with Crippen molar-refractivity contribution in [3.63, 3.8) is 0 Å². The molecule has 1 aliphatic rings. The Morgan fingerprint density at radius 1 is 0.972 bits per heavy atom. The zero-order valence-electron chi connectivity index (χ0n) is 20.3. The van der Waals surface area contributed by atoms with E-state index in [0.717, 1.165) is 29.2 Å². The number of nitrogens with zero attached hydrogens (tertiary/aromatic N) is 2. The van der Waals surface area contributed by atoms with Crippen LogP contribution < -0.4 is 26.6 Å². The Balaban J connectivity index is 1.53. The standard InChI is InChI=1S/C25H33ClN6O4/c1-18(23(33)34)17-32(24(35)27-16-19-6-8-20(26)9-7-19)25(36)29-30-28-21-10-12-22(13-11-21)31-14-4-2-3-5-15-31/h6-13,18,28,30H,2-5,14-17H2,1H3,(H,27,35)(H,29,36)(H,33,34). The van der Waals surface area contributed by atoms with Crippen molar-refractivity contribution in [1.82, 2.24) is 21.2 Å². The SMILES string of the molecule is CC(CN(C(=O)NCc1ccc(Cl)cc1)C(=O)NNNc1ccc(N2CCCCCC2)cc1)C(=O)O. The van der Waals surface area contributed by atoms with Crippen molar-refractivity contribution in [3.05, 3.63) is 59.1 Å². The van der Waals surface area contributed by atoms with Gasteiger partial charge in [0.05, 0.1) is 11.6 Å². The van der Waals surface area contributed by atoms with E-state index in [9.17, 15) is 19.5 Å². The Kier molecular flexibility index (Phi) is 10.2. The summed E-state index contributed by atoms with van der Waals surface area (Å²) in [5.41, 5.74) is 10.5. The highest BCUT2D eigenvalue weighted by Crippen LogP contribution is 2.21. The number of hydrogen-bond donors (Lipinski definition) is 5. The summed E-state index contributed by atoms with van der Waals surface area (Å²) < 4.78 is 0. The number of aliphatic carboxylic acids is 1. The molecule has 1 saturated heterocycles. The van der Waals surface area contributed by atoms with Crippen LogP contribution >= 0.6 is 11.6 Å². The maximum atomic E-state index is 12.7. The predicted octanol–water partition coefficient (Wildman–Crippen LogP) is 4.19. The van der Waals surface area contributed by atoms with Crippen molar-refractivity contribution < 1.29 is 19.5 Å². The number of imide groups is 1. The first-order valence-corrected chi connectivity index (χ1v) is 12.4. The summed E-state index contributed by atoms with van der Waals surface area (Å²) in [4.78, 5) is 39.9. The van der Waals surface area contributed by atoms with Gasteiger partial charge in [-0.2, -0.15) is 0 Å². The van der Waals surface area contributed by atoms with Crippen molar-refractivity contribution >= 4 is 41.0 Å². The summed E-state index contributed by atoms with van der Waals surface area (Å²) in [5.74, 6) is -2.06. The normalized spacial score (nSPS) is 14.3. The Labute approximate surface area is 215 Å². The topological polar surface area (TPSA) is 126 Å². The van der Waals surface area contributed by atoms with Gasteiger partial charge in [0.2, 0.25) is 0 Å². The van der Waals surface area contributed by atoms with Crippen LogP contribution in [-0.2, 0) is 11.3 Å². The van der Waals surface area contributed by atoms with Crippen molar-refractivity contribution in [3.8, 4) is 0 Å². The van der Waals surface area contributed by atoms with E-state index in [2.05, 4.69) is 26.6 Å². The zero-order valence-corrected chi connectivity index (χ0v) is 21.1. The minimum absolute atomic E-state index is 0.149. The van der Waals surface area contributed by atoms with E-state index in [0.29, 0.717) is 10.7 Å². The van der Waals surface area contributed by atoms with E-state index >= 15 is 0 Å². The minimum atomic E-state index is -1.12. The molecule has 4 amide bonds. The Hall–Kier alpha value is -3.50. The molecule has 1 aliphatic heterocycles. The molecule has 1 fully saturated rings. The number of carbonyl (C=O) groups is 3. The molecule has 0 bridgehead atoms. The van der Waals surface area contributed by atoms with Gasteiger partial charge in [-0.3, -0.25) is 10.2 Å². The number of benzene rings is 2. The molecule has 0 aliphatic carbocycles. The van der Waals surface area contributed by atoms with Crippen LogP contribution in [0.15, 0.2) is 48.5 Å². The molecule has 194 valence electrons. The third kappa shape index (κ3) is 8.31. The second kappa shape index (κ2) is 13.6. The molecule has 2 aromatic carbocycles. The van der Waals surface area contributed by atoms with E-state index in [-0.39, 0.29) is 13.1 Å². The lowest BCUT2D eigenvalue weighted by Gasteiger charge is -2.24. The van der Waals surface area contributed by atoms with Crippen LogP contribution in [0.1, 0.15) is 38.2 Å². The number of rotatable bonds is 9. The van der Waals surface area contributed by atoms with Gasteiger partial charge in [-0.05, 0) is 54.8 Å². The fourth-order valence-corrected chi connectivity index (χ4v) is 3.92. The Morgan fingerprint density at radius 2 is 1.61 bits per heavy atom. The van der Waals surface area contributed by atoms with Gasteiger partial charge >= 0.3 is 18.0 Å². The van der Waals surface area contributed by atoms with Crippen LogP contribution in [0.5, 0.6) is 0 Å². The zero-order chi connectivity index (χ0) is 25.9. The van der Waals surface area contributed by atoms with Crippen LogP contribution in [0, 0.1) is 5.92 Å². The van der Waals surface area contributed by atoms with Crippen molar-refractivity contribution in [2.75, 3.05) is 30.0 Å². The molecule has 1 unspecified atom stereocenters. The van der Waals surface area contributed by atoms with E-state index in [1.165, 1.54) is 32.6 Å². The maximum absolute atomic E-state index is 12.7. The van der Waals surface area contributed by atoms with E-state index in [1.54, 1.807) is 24.3 Å². The lowest BCUT2D eigenvalue weighted by molar-refractivity contribution is -0.141. The fraction of sp³-hybridized carbons (Fsp3) is 0.400. The van der Waals surface area contributed by atoms with Gasteiger partial charge in [-0.15, -0.1) is 5.53 Å². The number of carboxylic acids is 1. The first-order chi connectivity index (χ1) is 17.3. The second-order valence-electron chi connectivity index (χ2n) is 8.76. The molecule has 0 saturated carbocycles. The summed E-state index contributed by atoms with van der Waals surface area (Å²) in [7, 11) is 0. The van der Waals surface area contributed by atoms with Crippen LogP contribution in [0.2, 0.25) is 5.02 Å². The largest absolute Gasteiger partial charge is 0.481 e. The molecule has 0 spiro atoms. The quantitative estimate of drug-likeness (QED) is 0.316.